The fourth-order valence-corrected chi connectivity index (χ4v) is 1.88. The van der Waals surface area contributed by atoms with Crippen molar-refractivity contribution in [3.63, 3.8) is 0 Å². The van der Waals surface area contributed by atoms with Gasteiger partial charge in [-0.3, -0.25) is 9.67 Å². The van der Waals surface area contributed by atoms with Gasteiger partial charge >= 0.3 is 0 Å². The van der Waals surface area contributed by atoms with Gasteiger partial charge in [-0.1, -0.05) is 25.4 Å². The van der Waals surface area contributed by atoms with Crippen molar-refractivity contribution in [1.29, 1.82) is 0 Å². The summed E-state index contributed by atoms with van der Waals surface area (Å²) < 4.78 is 1.92. The van der Waals surface area contributed by atoms with E-state index in [4.69, 9.17) is 11.6 Å². The molecule has 96 valence electrons. The molecular formula is C13H17ClN4. The third-order valence-corrected chi connectivity index (χ3v) is 3.19. The van der Waals surface area contributed by atoms with Gasteiger partial charge in [0.15, 0.2) is 0 Å². The van der Waals surface area contributed by atoms with Crippen molar-refractivity contribution in [2.75, 3.05) is 5.32 Å². The zero-order valence-electron chi connectivity index (χ0n) is 10.5. The SMILES string of the molecule is CC(C)C(Cn1cccn1)Nc1cnccc1Cl. The molecule has 5 heteroatoms. The van der Waals surface area contributed by atoms with Crippen LogP contribution in [0.15, 0.2) is 36.9 Å². The van der Waals surface area contributed by atoms with Gasteiger partial charge in [0, 0.05) is 24.6 Å². The number of aromatic nitrogens is 3. The van der Waals surface area contributed by atoms with Crippen molar-refractivity contribution < 1.29 is 0 Å². The third-order valence-electron chi connectivity index (χ3n) is 2.86. The van der Waals surface area contributed by atoms with Gasteiger partial charge < -0.3 is 5.32 Å². The minimum absolute atomic E-state index is 0.256. The van der Waals surface area contributed by atoms with Gasteiger partial charge in [0.1, 0.15) is 0 Å². The minimum Gasteiger partial charge on any atom is -0.378 e. The predicted octanol–water partition coefficient (Wildman–Crippen LogP) is 3.07. The molecule has 0 saturated heterocycles. The molecule has 2 aromatic heterocycles. The van der Waals surface area contributed by atoms with Crippen molar-refractivity contribution in [3.8, 4) is 0 Å². The fourth-order valence-electron chi connectivity index (χ4n) is 1.72. The van der Waals surface area contributed by atoms with Crippen LogP contribution in [-0.4, -0.2) is 20.8 Å². The van der Waals surface area contributed by atoms with Crippen LogP contribution in [0.4, 0.5) is 5.69 Å². The predicted molar refractivity (Wildman–Crippen MR) is 73.7 cm³/mol. The topological polar surface area (TPSA) is 42.7 Å². The van der Waals surface area contributed by atoms with Gasteiger partial charge in [-0.05, 0) is 18.1 Å². The van der Waals surface area contributed by atoms with E-state index in [1.165, 1.54) is 0 Å². The Bertz CT molecular complexity index is 481. The first kappa shape index (κ1) is 12.9. The zero-order valence-corrected chi connectivity index (χ0v) is 11.3. The second-order valence-electron chi connectivity index (χ2n) is 4.58. The average Bonchev–Trinajstić information content (AvgIpc) is 2.83. The molecule has 1 N–H and O–H groups in total. The van der Waals surface area contributed by atoms with Crippen LogP contribution in [0, 0.1) is 5.92 Å². The summed E-state index contributed by atoms with van der Waals surface area (Å²) in [4.78, 5) is 4.09. The van der Waals surface area contributed by atoms with E-state index in [2.05, 4.69) is 29.2 Å². The molecule has 0 bridgehead atoms. The van der Waals surface area contributed by atoms with Crippen molar-refractivity contribution in [2.24, 2.45) is 5.92 Å². The molecular weight excluding hydrogens is 248 g/mol. The number of anilines is 1. The van der Waals surface area contributed by atoms with Crippen LogP contribution in [0.3, 0.4) is 0 Å². The Hall–Kier alpha value is -1.55. The number of pyridine rings is 1. The molecule has 0 aliphatic heterocycles. The maximum absolute atomic E-state index is 6.13. The molecule has 0 aliphatic rings. The number of halogens is 1. The van der Waals surface area contributed by atoms with E-state index < -0.39 is 0 Å². The largest absolute Gasteiger partial charge is 0.378 e. The summed E-state index contributed by atoms with van der Waals surface area (Å²) in [6, 6.07) is 3.97. The lowest BCUT2D eigenvalue weighted by Gasteiger charge is -2.23. The Morgan fingerprint density at radius 2 is 2.22 bits per heavy atom. The number of rotatable bonds is 5. The van der Waals surface area contributed by atoms with Gasteiger partial charge in [-0.25, -0.2) is 0 Å². The lowest BCUT2D eigenvalue weighted by molar-refractivity contribution is 0.438. The molecule has 0 fully saturated rings. The summed E-state index contributed by atoms with van der Waals surface area (Å²) in [5.41, 5.74) is 0.866. The van der Waals surface area contributed by atoms with E-state index in [0.29, 0.717) is 10.9 Å². The first-order valence-electron chi connectivity index (χ1n) is 6.00. The molecule has 2 rings (SSSR count). The van der Waals surface area contributed by atoms with E-state index in [9.17, 15) is 0 Å². The molecule has 0 spiro atoms. The standard InChI is InChI=1S/C13H17ClN4/c1-10(2)13(9-18-7-3-5-16-18)17-12-8-15-6-4-11(12)14/h3-8,10,13,17H,9H2,1-2H3. The van der Waals surface area contributed by atoms with Crippen LogP contribution >= 0.6 is 11.6 Å². The quantitative estimate of drug-likeness (QED) is 0.903. The summed E-state index contributed by atoms with van der Waals surface area (Å²) in [5.74, 6) is 0.463. The summed E-state index contributed by atoms with van der Waals surface area (Å²) in [7, 11) is 0. The van der Waals surface area contributed by atoms with Crippen LogP contribution in [0.1, 0.15) is 13.8 Å². The summed E-state index contributed by atoms with van der Waals surface area (Å²) in [5, 5.41) is 8.35. The van der Waals surface area contributed by atoms with E-state index in [1.807, 2.05) is 16.9 Å². The van der Waals surface area contributed by atoms with E-state index in [0.717, 1.165) is 12.2 Å². The number of hydrogen-bond acceptors (Lipinski definition) is 3. The molecule has 18 heavy (non-hydrogen) atoms. The van der Waals surface area contributed by atoms with Gasteiger partial charge in [0.05, 0.1) is 23.5 Å². The van der Waals surface area contributed by atoms with Crippen molar-refractivity contribution in [3.05, 3.63) is 41.9 Å². The molecule has 4 nitrogen and oxygen atoms in total. The van der Waals surface area contributed by atoms with Gasteiger partial charge in [-0.2, -0.15) is 5.10 Å². The van der Waals surface area contributed by atoms with Crippen molar-refractivity contribution in [1.82, 2.24) is 14.8 Å². The highest BCUT2D eigenvalue weighted by Gasteiger charge is 2.15. The van der Waals surface area contributed by atoms with E-state index >= 15 is 0 Å². The van der Waals surface area contributed by atoms with Gasteiger partial charge in [0.2, 0.25) is 0 Å². The van der Waals surface area contributed by atoms with Crippen LogP contribution in [-0.2, 0) is 6.54 Å². The Balaban J connectivity index is 2.09. The smallest absolute Gasteiger partial charge is 0.0718 e. The molecule has 1 unspecified atom stereocenters. The highest BCUT2D eigenvalue weighted by atomic mass is 35.5. The Morgan fingerprint density at radius 3 is 2.83 bits per heavy atom. The van der Waals surface area contributed by atoms with Gasteiger partial charge in [-0.15, -0.1) is 0 Å². The van der Waals surface area contributed by atoms with Crippen LogP contribution < -0.4 is 5.32 Å². The number of nitrogens with zero attached hydrogens (tertiary/aromatic N) is 3. The van der Waals surface area contributed by atoms with Crippen molar-refractivity contribution >= 4 is 17.3 Å². The minimum atomic E-state index is 0.256. The molecule has 2 heterocycles. The molecule has 0 aliphatic carbocycles. The third kappa shape index (κ3) is 3.23. The number of nitrogens with one attached hydrogen (secondary N) is 1. The second-order valence-corrected chi connectivity index (χ2v) is 4.99. The lowest BCUT2D eigenvalue weighted by atomic mass is 10.0. The van der Waals surface area contributed by atoms with E-state index in [-0.39, 0.29) is 6.04 Å². The average molecular weight is 265 g/mol. The van der Waals surface area contributed by atoms with Crippen LogP contribution in [0.25, 0.3) is 0 Å². The Morgan fingerprint density at radius 1 is 1.39 bits per heavy atom. The summed E-state index contributed by atoms with van der Waals surface area (Å²) in [6.07, 6.45) is 7.18. The second kappa shape index (κ2) is 5.87. The maximum Gasteiger partial charge on any atom is 0.0718 e. The molecule has 0 amide bonds. The van der Waals surface area contributed by atoms with Crippen molar-refractivity contribution in [2.45, 2.75) is 26.4 Å². The highest BCUT2D eigenvalue weighted by Crippen LogP contribution is 2.22. The maximum atomic E-state index is 6.13. The summed E-state index contributed by atoms with van der Waals surface area (Å²) >= 11 is 6.13. The van der Waals surface area contributed by atoms with E-state index in [1.54, 1.807) is 24.7 Å². The first-order valence-corrected chi connectivity index (χ1v) is 6.38. The molecule has 0 aromatic carbocycles. The van der Waals surface area contributed by atoms with Crippen LogP contribution in [0.2, 0.25) is 5.02 Å². The molecule has 1 atom stereocenters. The zero-order chi connectivity index (χ0) is 13.0. The highest BCUT2D eigenvalue weighted by molar-refractivity contribution is 6.33. The Kier molecular flexibility index (Phi) is 4.20. The number of hydrogen-bond donors (Lipinski definition) is 1. The molecule has 2 aromatic rings. The molecule has 0 radical (unpaired) electrons. The van der Waals surface area contributed by atoms with Gasteiger partial charge in [0.25, 0.3) is 0 Å². The Labute approximate surface area is 112 Å². The lowest BCUT2D eigenvalue weighted by Crippen LogP contribution is -2.31. The van der Waals surface area contributed by atoms with Crippen LogP contribution in [0.5, 0.6) is 0 Å². The normalized spacial score (nSPS) is 12.7. The summed E-state index contributed by atoms with van der Waals surface area (Å²) in [6.45, 7) is 5.15. The monoisotopic (exact) mass is 264 g/mol. The fraction of sp³-hybridized carbons (Fsp3) is 0.385. The molecule has 0 saturated carbocycles. The first-order chi connectivity index (χ1) is 8.66.